The van der Waals surface area contributed by atoms with Crippen LogP contribution >= 0.6 is 0 Å². The van der Waals surface area contributed by atoms with Crippen LogP contribution in [0.4, 0.5) is 5.69 Å². The maximum absolute atomic E-state index is 12.4. The second kappa shape index (κ2) is 10.1. The zero-order valence-corrected chi connectivity index (χ0v) is 18.0. The van der Waals surface area contributed by atoms with Gasteiger partial charge in [-0.15, -0.1) is 0 Å². The first-order valence-corrected chi connectivity index (χ1v) is 10.4. The number of nitrogens with two attached hydrogens (primary N) is 1. The van der Waals surface area contributed by atoms with Gasteiger partial charge in [0, 0.05) is 42.4 Å². The minimum atomic E-state index is -0.752. The molecule has 1 aromatic heterocycles. The number of unbranched alkanes of at least 4 members (excludes halogenated alkanes) is 1. The molecule has 1 saturated carbocycles. The summed E-state index contributed by atoms with van der Waals surface area (Å²) in [5.41, 5.74) is 9.63. The van der Waals surface area contributed by atoms with E-state index in [9.17, 15) is 4.79 Å². The third-order valence-electron chi connectivity index (χ3n) is 4.84. The predicted molar refractivity (Wildman–Crippen MR) is 120 cm³/mol. The van der Waals surface area contributed by atoms with E-state index in [1.54, 1.807) is 12.4 Å². The second-order valence-corrected chi connectivity index (χ2v) is 7.18. The first-order chi connectivity index (χ1) is 13.9. The van der Waals surface area contributed by atoms with Crippen molar-refractivity contribution >= 4 is 17.2 Å². The smallest absolute Gasteiger partial charge is 0.264 e. The fourth-order valence-corrected chi connectivity index (χ4v) is 2.98. The van der Waals surface area contributed by atoms with E-state index in [-0.39, 0.29) is 5.91 Å². The number of hydrogen-bond acceptors (Lipinski definition) is 4. The average Bonchev–Trinajstić information content (AvgIpc) is 3.52. The number of rotatable bonds is 8. The number of carbonyl (C=O) groups is 1. The molecule has 0 unspecified atom stereocenters. The highest BCUT2D eigenvalue weighted by Gasteiger charge is 2.52. The first-order valence-electron chi connectivity index (χ1n) is 10.4. The van der Waals surface area contributed by atoms with Gasteiger partial charge >= 0.3 is 0 Å². The minimum absolute atomic E-state index is 0.0388. The molecule has 5 heteroatoms. The van der Waals surface area contributed by atoms with Gasteiger partial charge < -0.3 is 15.8 Å². The molecule has 0 saturated heterocycles. The zero-order chi connectivity index (χ0) is 21.4. The summed E-state index contributed by atoms with van der Waals surface area (Å²) in [5.74, 6) is 0.533. The van der Waals surface area contributed by atoms with Crippen molar-refractivity contribution in [2.24, 2.45) is 0 Å². The monoisotopic (exact) mass is 395 g/mol. The van der Waals surface area contributed by atoms with Gasteiger partial charge in [-0.25, -0.2) is 0 Å². The first kappa shape index (κ1) is 22.5. The van der Waals surface area contributed by atoms with Crippen molar-refractivity contribution in [1.29, 1.82) is 0 Å². The third kappa shape index (κ3) is 5.59. The number of nitrogen functional groups attached to an aromatic ring is 1. The molecule has 3 rings (SSSR count). The lowest BCUT2D eigenvalue weighted by atomic mass is 9.98. The van der Waals surface area contributed by atoms with E-state index in [1.807, 2.05) is 45.0 Å². The quantitative estimate of drug-likeness (QED) is 0.493. The Bertz CT molecular complexity index is 857. The SMILES string of the molecule is C=C(c1cncc(OC2(C(=O)NCCCC)CC2)c1)c1cc(C)ccc1N.CC. The zero-order valence-electron chi connectivity index (χ0n) is 18.0. The standard InChI is InChI=1S/C22H27N3O2.C2H6/c1-4-5-10-25-21(26)22(8-9-22)27-18-12-17(13-24-14-18)16(3)19-11-15(2)6-7-20(19)23;1-2/h6-7,11-14H,3-5,8-10,23H2,1-2H3,(H,25,26);1-2H3. The van der Waals surface area contributed by atoms with Gasteiger partial charge in [0.2, 0.25) is 0 Å². The lowest BCUT2D eigenvalue weighted by molar-refractivity contribution is -0.129. The van der Waals surface area contributed by atoms with Crippen molar-refractivity contribution in [3.05, 3.63) is 59.9 Å². The fourth-order valence-electron chi connectivity index (χ4n) is 2.98. The summed E-state index contributed by atoms with van der Waals surface area (Å²) >= 11 is 0. The molecule has 0 bridgehead atoms. The largest absolute Gasteiger partial charge is 0.476 e. The summed E-state index contributed by atoms with van der Waals surface area (Å²) in [6, 6.07) is 7.73. The number of ether oxygens (including phenoxy) is 1. The molecule has 0 atom stereocenters. The Kier molecular flexibility index (Phi) is 7.82. The predicted octanol–water partition coefficient (Wildman–Crippen LogP) is 4.89. The van der Waals surface area contributed by atoms with Gasteiger partial charge in [-0.3, -0.25) is 9.78 Å². The summed E-state index contributed by atoms with van der Waals surface area (Å²) in [4.78, 5) is 16.7. The third-order valence-corrected chi connectivity index (χ3v) is 4.84. The molecule has 156 valence electrons. The molecule has 0 aliphatic heterocycles. The van der Waals surface area contributed by atoms with Crippen LogP contribution in [0, 0.1) is 6.92 Å². The van der Waals surface area contributed by atoms with Crippen LogP contribution in [0.3, 0.4) is 0 Å². The van der Waals surface area contributed by atoms with E-state index in [0.29, 0.717) is 18.0 Å². The van der Waals surface area contributed by atoms with Crippen LogP contribution in [0.15, 0.2) is 43.2 Å². The molecule has 1 aliphatic rings. The second-order valence-electron chi connectivity index (χ2n) is 7.18. The summed E-state index contributed by atoms with van der Waals surface area (Å²) < 4.78 is 6.04. The molecule has 1 heterocycles. The number of amides is 1. The van der Waals surface area contributed by atoms with Gasteiger partial charge in [0.1, 0.15) is 5.75 Å². The molecule has 1 aliphatic carbocycles. The Morgan fingerprint density at radius 3 is 2.66 bits per heavy atom. The van der Waals surface area contributed by atoms with Crippen LogP contribution in [0.1, 0.15) is 63.1 Å². The van der Waals surface area contributed by atoms with Crippen LogP contribution in [-0.4, -0.2) is 23.0 Å². The number of nitrogens with zero attached hydrogens (tertiary/aromatic N) is 1. The molecule has 5 nitrogen and oxygen atoms in total. The van der Waals surface area contributed by atoms with E-state index < -0.39 is 5.60 Å². The molecule has 29 heavy (non-hydrogen) atoms. The molecule has 0 radical (unpaired) electrons. The number of hydrogen-bond donors (Lipinski definition) is 2. The highest BCUT2D eigenvalue weighted by atomic mass is 16.5. The molecule has 1 aromatic carbocycles. The molecular weight excluding hydrogens is 362 g/mol. The van der Waals surface area contributed by atoms with Gasteiger partial charge in [0.05, 0.1) is 6.20 Å². The van der Waals surface area contributed by atoms with Crippen LogP contribution in [0.5, 0.6) is 5.75 Å². The normalized spacial score (nSPS) is 13.7. The Morgan fingerprint density at radius 1 is 1.28 bits per heavy atom. The van der Waals surface area contributed by atoms with Crippen molar-refractivity contribution in [3.8, 4) is 5.75 Å². The Hall–Kier alpha value is -2.82. The van der Waals surface area contributed by atoms with Gasteiger partial charge in [0.15, 0.2) is 5.60 Å². The van der Waals surface area contributed by atoms with Crippen LogP contribution in [-0.2, 0) is 4.79 Å². The van der Waals surface area contributed by atoms with Crippen LogP contribution in [0.25, 0.3) is 5.57 Å². The number of anilines is 1. The van der Waals surface area contributed by atoms with Gasteiger partial charge in [-0.2, -0.15) is 0 Å². The number of aromatic nitrogens is 1. The fraction of sp³-hybridized carbons (Fsp3) is 0.417. The van der Waals surface area contributed by atoms with E-state index in [0.717, 1.165) is 47.9 Å². The number of nitrogens with one attached hydrogen (secondary N) is 1. The highest BCUT2D eigenvalue weighted by molar-refractivity contribution is 5.88. The Balaban J connectivity index is 0.00000145. The molecule has 0 spiro atoms. The van der Waals surface area contributed by atoms with E-state index in [4.69, 9.17) is 10.5 Å². The lowest BCUT2D eigenvalue weighted by Gasteiger charge is -2.18. The highest BCUT2D eigenvalue weighted by Crippen LogP contribution is 2.41. The van der Waals surface area contributed by atoms with E-state index >= 15 is 0 Å². The van der Waals surface area contributed by atoms with Gasteiger partial charge in [0.25, 0.3) is 5.91 Å². The van der Waals surface area contributed by atoms with Crippen molar-refractivity contribution in [2.75, 3.05) is 12.3 Å². The average molecular weight is 396 g/mol. The summed E-state index contributed by atoms with van der Waals surface area (Å²) in [7, 11) is 0. The topological polar surface area (TPSA) is 77.2 Å². The lowest BCUT2D eigenvalue weighted by Crippen LogP contribution is -2.40. The number of aryl methyl sites for hydroxylation is 1. The van der Waals surface area contributed by atoms with Crippen molar-refractivity contribution in [1.82, 2.24) is 10.3 Å². The number of carbonyl (C=O) groups excluding carboxylic acids is 1. The summed E-state index contributed by atoms with van der Waals surface area (Å²) in [6.07, 6.45) is 6.83. The van der Waals surface area contributed by atoms with Crippen LogP contribution in [0.2, 0.25) is 0 Å². The van der Waals surface area contributed by atoms with Crippen molar-refractivity contribution in [3.63, 3.8) is 0 Å². The number of pyridine rings is 1. The van der Waals surface area contributed by atoms with Gasteiger partial charge in [-0.05, 0) is 37.1 Å². The number of benzene rings is 1. The van der Waals surface area contributed by atoms with Crippen molar-refractivity contribution < 1.29 is 9.53 Å². The molecule has 3 N–H and O–H groups in total. The van der Waals surface area contributed by atoms with Crippen molar-refractivity contribution in [2.45, 2.75) is 59.0 Å². The maximum atomic E-state index is 12.4. The molecule has 1 amide bonds. The Labute approximate surface area is 174 Å². The maximum Gasteiger partial charge on any atom is 0.264 e. The minimum Gasteiger partial charge on any atom is -0.476 e. The van der Waals surface area contributed by atoms with E-state index in [1.165, 1.54) is 0 Å². The summed E-state index contributed by atoms with van der Waals surface area (Å²) in [6.45, 7) is 13.0. The Morgan fingerprint density at radius 2 is 2.00 bits per heavy atom. The summed E-state index contributed by atoms with van der Waals surface area (Å²) in [5, 5.41) is 2.97. The molecular formula is C24H33N3O2. The molecule has 1 fully saturated rings. The van der Waals surface area contributed by atoms with Crippen LogP contribution < -0.4 is 15.8 Å². The van der Waals surface area contributed by atoms with Gasteiger partial charge in [-0.1, -0.05) is 45.4 Å². The van der Waals surface area contributed by atoms with E-state index in [2.05, 4.69) is 23.8 Å². The molecule has 2 aromatic rings.